The lowest BCUT2D eigenvalue weighted by Crippen LogP contribution is -2.40. The van der Waals surface area contributed by atoms with Crippen LogP contribution in [-0.2, 0) is 4.84 Å². The molecule has 9 heteroatoms. The summed E-state index contributed by atoms with van der Waals surface area (Å²) in [6, 6.07) is 11.2. The average molecular weight is 462 g/mol. The molecule has 1 aromatic heterocycles. The number of rotatable bonds is 8. The first-order valence-electron chi connectivity index (χ1n) is 10.0. The van der Waals surface area contributed by atoms with E-state index in [0.29, 0.717) is 28.0 Å². The van der Waals surface area contributed by atoms with Crippen LogP contribution in [0.2, 0.25) is 4.34 Å². The van der Waals surface area contributed by atoms with Gasteiger partial charge in [-0.15, -0.1) is 11.3 Å². The van der Waals surface area contributed by atoms with Crippen molar-refractivity contribution in [2.24, 2.45) is 5.16 Å². The topological polar surface area (TPSA) is 81.0 Å². The molecule has 3 rings (SSSR count). The second-order valence-electron chi connectivity index (χ2n) is 8.19. The quantitative estimate of drug-likeness (QED) is 0.465. The summed E-state index contributed by atoms with van der Waals surface area (Å²) in [7, 11) is 5.97. The summed E-state index contributed by atoms with van der Waals surface area (Å²) in [4.78, 5) is 22.5. The molecule has 0 spiro atoms. The van der Waals surface area contributed by atoms with Gasteiger partial charge in [-0.25, -0.2) is 0 Å². The molecule has 0 radical (unpaired) electrons. The fourth-order valence-corrected chi connectivity index (χ4v) is 4.09. The fourth-order valence-electron chi connectivity index (χ4n) is 3.13. The smallest absolute Gasteiger partial charge is 0.261 e. The number of hydrogen-bond donors (Lipinski definition) is 2. The summed E-state index contributed by atoms with van der Waals surface area (Å²) in [5.41, 5.74) is 2.03. The van der Waals surface area contributed by atoms with Gasteiger partial charge in [0, 0.05) is 32.1 Å². The standard InChI is InChI=1S/C22H28ClN5O2S/c1-22(14-25-21(29)18-9-10-19(23)31-18)13-17(26-30-22)15-5-7-16(8-6-15)20(24)28(4)12-11-27(2)3/h5-10,24H,11-14H2,1-4H3,(H,25,29). The number of carbonyl (C=O) groups excluding carboxylic acids is 1. The Labute approximate surface area is 192 Å². The van der Waals surface area contributed by atoms with Gasteiger partial charge in [-0.3, -0.25) is 10.2 Å². The molecule has 0 saturated carbocycles. The average Bonchev–Trinajstić information content (AvgIpc) is 3.36. The van der Waals surface area contributed by atoms with Gasteiger partial charge in [0.2, 0.25) is 0 Å². The zero-order valence-corrected chi connectivity index (χ0v) is 19.8. The van der Waals surface area contributed by atoms with Crippen LogP contribution in [0.4, 0.5) is 0 Å². The second-order valence-corrected chi connectivity index (χ2v) is 9.91. The Morgan fingerprint density at radius 1 is 1.23 bits per heavy atom. The summed E-state index contributed by atoms with van der Waals surface area (Å²) in [5, 5.41) is 15.5. The Morgan fingerprint density at radius 2 is 1.94 bits per heavy atom. The van der Waals surface area contributed by atoms with Crippen LogP contribution in [0.1, 0.15) is 34.1 Å². The Kier molecular flexibility index (Phi) is 7.35. The molecule has 2 heterocycles. The third-order valence-corrected chi connectivity index (χ3v) is 6.32. The van der Waals surface area contributed by atoms with E-state index in [0.717, 1.165) is 29.9 Å². The highest BCUT2D eigenvalue weighted by molar-refractivity contribution is 7.18. The molecule has 31 heavy (non-hydrogen) atoms. The van der Waals surface area contributed by atoms with Crippen molar-refractivity contribution in [2.75, 3.05) is 40.8 Å². The molecule has 1 aliphatic rings. The fraction of sp³-hybridized carbons (Fsp3) is 0.409. The maximum Gasteiger partial charge on any atom is 0.261 e. The molecule has 1 aliphatic heterocycles. The molecule has 1 amide bonds. The largest absolute Gasteiger partial charge is 0.387 e. The van der Waals surface area contributed by atoms with Crippen LogP contribution in [0.15, 0.2) is 41.6 Å². The van der Waals surface area contributed by atoms with Gasteiger partial charge in [-0.2, -0.15) is 0 Å². The van der Waals surface area contributed by atoms with Crippen LogP contribution in [0.3, 0.4) is 0 Å². The van der Waals surface area contributed by atoms with Crippen molar-refractivity contribution in [1.29, 1.82) is 5.41 Å². The van der Waals surface area contributed by atoms with Crippen LogP contribution in [0.25, 0.3) is 0 Å². The molecule has 1 unspecified atom stereocenters. The van der Waals surface area contributed by atoms with Gasteiger partial charge < -0.3 is 20.0 Å². The highest BCUT2D eigenvalue weighted by Crippen LogP contribution is 2.27. The molecule has 0 fully saturated rings. The van der Waals surface area contributed by atoms with Crippen LogP contribution < -0.4 is 5.32 Å². The molecule has 7 nitrogen and oxygen atoms in total. The van der Waals surface area contributed by atoms with Gasteiger partial charge in [0.1, 0.15) is 5.84 Å². The monoisotopic (exact) mass is 461 g/mol. The minimum Gasteiger partial charge on any atom is -0.387 e. The van der Waals surface area contributed by atoms with Gasteiger partial charge in [-0.05, 0) is 38.7 Å². The minimum atomic E-state index is -0.607. The molecule has 166 valence electrons. The third kappa shape index (κ3) is 6.06. The van der Waals surface area contributed by atoms with E-state index in [1.54, 1.807) is 12.1 Å². The van der Waals surface area contributed by atoms with E-state index in [1.165, 1.54) is 11.3 Å². The van der Waals surface area contributed by atoms with Crippen LogP contribution in [0.5, 0.6) is 0 Å². The number of hydrogen-bond acceptors (Lipinski definition) is 6. The number of amidine groups is 1. The number of halogens is 1. The van der Waals surface area contributed by atoms with Gasteiger partial charge in [0.05, 0.1) is 21.5 Å². The second kappa shape index (κ2) is 9.80. The number of thiophene rings is 1. The maximum absolute atomic E-state index is 12.3. The highest BCUT2D eigenvalue weighted by Gasteiger charge is 2.35. The predicted octanol–water partition coefficient (Wildman–Crippen LogP) is 3.53. The van der Waals surface area contributed by atoms with E-state index in [4.69, 9.17) is 21.8 Å². The van der Waals surface area contributed by atoms with E-state index in [1.807, 2.05) is 57.2 Å². The van der Waals surface area contributed by atoms with Crippen molar-refractivity contribution in [2.45, 2.75) is 18.9 Å². The van der Waals surface area contributed by atoms with Gasteiger partial charge >= 0.3 is 0 Å². The van der Waals surface area contributed by atoms with E-state index < -0.39 is 5.60 Å². The first-order chi connectivity index (χ1) is 14.7. The third-order valence-electron chi connectivity index (χ3n) is 5.09. The Balaban J connectivity index is 1.55. The van der Waals surface area contributed by atoms with Crippen molar-refractivity contribution in [1.82, 2.24) is 15.1 Å². The van der Waals surface area contributed by atoms with Crippen LogP contribution in [-0.4, -0.2) is 73.6 Å². The molecule has 2 N–H and O–H groups in total. The number of nitrogens with zero attached hydrogens (tertiary/aromatic N) is 3. The van der Waals surface area contributed by atoms with Gasteiger partial charge in [-0.1, -0.05) is 41.0 Å². The van der Waals surface area contributed by atoms with Gasteiger partial charge in [0.25, 0.3) is 5.91 Å². The van der Waals surface area contributed by atoms with Crippen molar-refractivity contribution in [3.05, 3.63) is 56.7 Å². The first-order valence-corrected chi connectivity index (χ1v) is 11.2. The lowest BCUT2D eigenvalue weighted by molar-refractivity contribution is -0.00178. The van der Waals surface area contributed by atoms with Crippen molar-refractivity contribution in [3.8, 4) is 0 Å². The molecular formula is C22H28ClN5O2S. The Hall–Kier alpha value is -2.42. The number of benzene rings is 1. The number of likely N-dealkylation sites (N-methyl/N-ethyl adjacent to an activating group) is 2. The first kappa shape index (κ1) is 23.2. The number of nitrogens with one attached hydrogen (secondary N) is 2. The zero-order chi connectivity index (χ0) is 22.6. The number of amides is 1. The summed E-state index contributed by atoms with van der Waals surface area (Å²) in [6.45, 7) is 3.94. The number of carbonyl (C=O) groups is 1. The van der Waals surface area contributed by atoms with Crippen molar-refractivity contribution in [3.63, 3.8) is 0 Å². The lowest BCUT2D eigenvalue weighted by atomic mass is 9.95. The summed E-state index contributed by atoms with van der Waals surface area (Å²) in [5.74, 6) is 0.315. The lowest BCUT2D eigenvalue weighted by Gasteiger charge is -2.22. The van der Waals surface area contributed by atoms with Crippen LogP contribution >= 0.6 is 22.9 Å². The van der Waals surface area contributed by atoms with E-state index in [-0.39, 0.29) is 5.91 Å². The number of oxime groups is 1. The highest BCUT2D eigenvalue weighted by atomic mass is 35.5. The molecule has 2 aromatic rings. The van der Waals surface area contributed by atoms with Crippen molar-refractivity contribution < 1.29 is 9.63 Å². The van der Waals surface area contributed by atoms with E-state index in [2.05, 4.69) is 15.4 Å². The zero-order valence-electron chi connectivity index (χ0n) is 18.2. The molecule has 0 aliphatic carbocycles. The summed E-state index contributed by atoms with van der Waals surface area (Å²) < 4.78 is 0.583. The minimum absolute atomic E-state index is 0.170. The van der Waals surface area contributed by atoms with E-state index in [9.17, 15) is 4.79 Å². The molecule has 0 saturated heterocycles. The molecule has 1 atom stereocenters. The predicted molar refractivity (Wildman–Crippen MR) is 127 cm³/mol. The Morgan fingerprint density at radius 3 is 2.55 bits per heavy atom. The molecule has 0 bridgehead atoms. The summed E-state index contributed by atoms with van der Waals surface area (Å²) >= 11 is 7.15. The van der Waals surface area contributed by atoms with Crippen molar-refractivity contribution >= 4 is 40.4 Å². The van der Waals surface area contributed by atoms with Gasteiger partial charge in [0.15, 0.2) is 5.60 Å². The van der Waals surface area contributed by atoms with Crippen LogP contribution in [0, 0.1) is 5.41 Å². The molecule has 1 aromatic carbocycles. The maximum atomic E-state index is 12.3. The molecular weight excluding hydrogens is 434 g/mol. The Bertz CT molecular complexity index is 973. The normalized spacial score (nSPS) is 17.9. The van der Waals surface area contributed by atoms with E-state index >= 15 is 0 Å². The SMILES string of the molecule is CN(C)CCN(C)C(=N)c1ccc(C2=NOC(C)(CNC(=O)c3ccc(Cl)s3)C2)cc1. The summed E-state index contributed by atoms with van der Waals surface area (Å²) in [6.07, 6.45) is 0.581.